The van der Waals surface area contributed by atoms with Gasteiger partial charge in [-0.25, -0.2) is 13.2 Å². The third kappa shape index (κ3) is 6.79. The van der Waals surface area contributed by atoms with Crippen LogP contribution in [0.3, 0.4) is 0 Å². The van der Waals surface area contributed by atoms with E-state index in [1.54, 1.807) is 32.9 Å². The molecule has 0 bridgehead atoms. The fourth-order valence-corrected chi connectivity index (χ4v) is 4.35. The van der Waals surface area contributed by atoms with Crippen molar-refractivity contribution in [3.63, 3.8) is 0 Å². The van der Waals surface area contributed by atoms with Gasteiger partial charge in [-0.1, -0.05) is 6.07 Å². The Hall–Kier alpha value is -2.13. The number of sulfonamides is 1. The molecule has 156 valence electrons. The molecule has 0 aliphatic carbocycles. The first kappa shape index (κ1) is 22.2. The molecule has 0 unspecified atom stereocenters. The van der Waals surface area contributed by atoms with E-state index in [0.29, 0.717) is 31.7 Å². The molecule has 0 atom stereocenters. The summed E-state index contributed by atoms with van der Waals surface area (Å²) in [5.41, 5.74) is -0.132. The van der Waals surface area contributed by atoms with Crippen LogP contribution in [0.1, 0.15) is 46.5 Å². The van der Waals surface area contributed by atoms with E-state index in [1.807, 2.05) is 0 Å². The third-order valence-corrected chi connectivity index (χ3v) is 5.96. The molecule has 2 amide bonds. The van der Waals surface area contributed by atoms with Crippen molar-refractivity contribution >= 4 is 27.7 Å². The quantitative estimate of drug-likeness (QED) is 0.671. The summed E-state index contributed by atoms with van der Waals surface area (Å²) in [5.74, 6) is -0.248. The minimum atomic E-state index is -3.52. The van der Waals surface area contributed by atoms with Crippen molar-refractivity contribution in [2.75, 3.05) is 25.0 Å². The molecule has 1 heterocycles. The second-order valence-electron chi connectivity index (χ2n) is 7.72. The van der Waals surface area contributed by atoms with E-state index in [1.165, 1.54) is 16.4 Å². The highest BCUT2D eigenvalue weighted by Crippen LogP contribution is 2.23. The average molecular weight is 412 g/mol. The van der Waals surface area contributed by atoms with Gasteiger partial charge >= 0.3 is 6.09 Å². The number of nitrogens with one attached hydrogen (secondary N) is 2. The van der Waals surface area contributed by atoms with Gasteiger partial charge in [-0.05, 0) is 58.2 Å². The van der Waals surface area contributed by atoms with Gasteiger partial charge in [0.2, 0.25) is 15.9 Å². The molecule has 0 aromatic heterocycles. The van der Waals surface area contributed by atoms with Crippen molar-refractivity contribution in [3.05, 3.63) is 24.3 Å². The molecular weight excluding hydrogens is 382 g/mol. The van der Waals surface area contributed by atoms with E-state index >= 15 is 0 Å². The van der Waals surface area contributed by atoms with E-state index in [0.717, 1.165) is 12.8 Å². The van der Waals surface area contributed by atoms with Crippen LogP contribution < -0.4 is 10.6 Å². The van der Waals surface area contributed by atoms with Crippen LogP contribution in [0.5, 0.6) is 0 Å². The molecule has 1 aliphatic heterocycles. The number of hydrogen-bond acceptors (Lipinski definition) is 5. The fraction of sp³-hybridized carbons (Fsp3) is 0.579. The lowest BCUT2D eigenvalue weighted by Crippen LogP contribution is -2.33. The zero-order valence-corrected chi connectivity index (χ0v) is 17.5. The zero-order valence-electron chi connectivity index (χ0n) is 16.7. The summed E-state index contributed by atoms with van der Waals surface area (Å²) in [6.45, 7) is 6.70. The van der Waals surface area contributed by atoms with Gasteiger partial charge in [0.1, 0.15) is 5.60 Å². The monoisotopic (exact) mass is 411 g/mol. The number of alkyl carbamates (subject to hydrolysis) is 1. The van der Waals surface area contributed by atoms with Gasteiger partial charge in [-0.2, -0.15) is 4.31 Å². The topological polar surface area (TPSA) is 105 Å². The Morgan fingerprint density at radius 2 is 1.86 bits per heavy atom. The lowest BCUT2D eigenvalue weighted by Gasteiger charge is -2.19. The number of benzene rings is 1. The Morgan fingerprint density at radius 1 is 1.18 bits per heavy atom. The van der Waals surface area contributed by atoms with Crippen molar-refractivity contribution in [1.29, 1.82) is 0 Å². The summed E-state index contributed by atoms with van der Waals surface area (Å²) in [6.07, 6.45) is 1.85. The van der Waals surface area contributed by atoms with Gasteiger partial charge in [-0.3, -0.25) is 4.79 Å². The molecule has 0 saturated carbocycles. The fourth-order valence-electron chi connectivity index (χ4n) is 2.79. The van der Waals surface area contributed by atoms with Gasteiger partial charge in [0.05, 0.1) is 4.90 Å². The van der Waals surface area contributed by atoms with Crippen molar-refractivity contribution in [1.82, 2.24) is 9.62 Å². The number of nitrogens with zero attached hydrogens (tertiary/aromatic N) is 1. The van der Waals surface area contributed by atoms with Crippen molar-refractivity contribution < 1.29 is 22.7 Å². The van der Waals surface area contributed by atoms with Crippen LogP contribution in [0.25, 0.3) is 0 Å². The Morgan fingerprint density at radius 3 is 2.50 bits per heavy atom. The van der Waals surface area contributed by atoms with E-state index < -0.39 is 21.7 Å². The minimum Gasteiger partial charge on any atom is -0.444 e. The summed E-state index contributed by atoms with van der Waals surface area (Å²) in [4.78, 5) is 23.8. The Bertz CT molecular complexity index is 796. The molecule has 28 heavy (non-hydrogen) atoms. The van der Waals surface area contributed by atoms with Crippen LogP contribution >= 0.6 is 0 Å². The first-order chi connectivity index (χ1) is 13.1. The van der Waals surface area contributed by atoms with E-state index in [9.17, 15) is 18.0 Å². The molecule has 1 fully saturated rings. The minimum absolute atomic E-state index is 0.179. The molecule has 0 radical (unpaired) electrons. The maximum Gasteiger partial charge on any atom is 0.407 e. The standard InChI is InChI=1S/C19H29N3O5S/c1-19(2,3)27-18(24)20-11-7-10-17(23)21-15-8-6-9-16(14-15)28(25,26)22-12-4-5-13-22/h6,8-9,14H,4-5,7,10-13H2,1-3H3,(H,20,24)(H,21,23). The summed E-state index contributed by atoms with van der Waals surface area (Å²) < 4.78 is 31.8. The molecule has 1 saturated heterocycles. The van der Waals surface area contributed by atoms with Crippen LogP contribution in [0, 0.1) is 0 Å². The lowest BCUT2D eigenvalue weighted by molar-refractivity contribution is -0.116. The Balaban J connectivity index is 1.82. The van der Waals surface area contributed by atoms with Crippen LogP contribution in [0.4, 0.5) is 10.5 Å². The third-order valence-electron chi connectivity index (χ3n) is 4.07. The first-order valence-corrected chi connectivity index (χ1v) is 10.9. The number of rotatable bonds is 7. The molecule has 1 aromatic carbocycles. The van der Waals surface area contributed by atoms with Crippen molar-refractivity contribution in [2.24, 2.45) is 0 Å². The number of carbonyl (C=O) groups excluding carboxylic acids is 2. The number of anilines is 1. The van der Waals surface area contributed by atoms with Crippen molar-refractivity contribution in [2.45, 2.75) is 57.0 Å². The summed E-state index contributed by atoms with van der Waals surface area (Å²) in [6, 6.07) is 6.28. The summed E-state index contributed by atoms with van der Waals surface area (Å²) in [5, 5.41) is 5.30. The highest BCUT2D eigenvalue weighted by molar-refractivity contribution is 7.89. The van der Waals surface area contributed by atoms with E-state index in [2.05, 4.69) is 10.6 Å². The first-order valence-electron chi connectivity index (χ1n) is 9.45. The van der Waals surface area contributed by atoms with E-state index in [-0.39, 0.29) is 17.2 Å². The largest absolute Gasteiger partial charge is 0.444 e. The van der Waals surface area contributed by atoms with Gasteiger partial charge in [-0.15, -0.1) is 0 Å². The number of ether oxygens (including phenoxy) is 1. The molecule has 0 spiro atoms. The number of amides is 2. The second kappa shape index (κ2) is 9.38. The number of hydrogen-bond donors (Lipinski definition) is 2. The highest BCUT2D eigenvalue weighted by Gasteiger charge is 2.27. The Kier molecular flexibility index (Phi) is 7.42. The van der Waals surface area contributed by atoms with Gasteiger partial charge < -0.3 is 15.4 Å². The second-order valence-corrected chi connectivity index (χ2v) is 9.66. The summed E-state index contributed by atoms with van der Waals surface area (Å²) in [7, 11) is -3.52. The number of carbonyl (C=O) groups is 2. The predicted octanol–water partition coefficient (Wildman–Crippen LogP) is 2.71. The molecule has 8 nitrogen and oxygen atoms in total. The molecule has 2 N–H and O–H groups in total. The lowest BCUT2D eigenvalue weighted by atomic mass is 10.2. The van der Waals surface area contributed by atoms with Crippen LogP contribution in [-0.2, 0) is 19.6 Å². The zero-order chi connectivity index (χ0) is 20.8. The van der Waals surface area contributed by atoms with Gasteiger partial charge in [0.15, 0.2) is 0 Å². The van der Waals surface area contributed by atoms with Crippen molar-refractivity contribution in [3.8, 4) is 0 Å². The molecular formula is C19H29N3O5S. The van der Waals surface area contributed by atoms with Gasteiger partial charge in [0, 0.05) is 31.7 Å². The van der Waals surface area contributed by atoms with Crippen LogP contribution in [0.15, 0.2) is 29.2 Å². The molecule has 2 rings (SSSR count). The average Bonchev–Trinajstić information content (AvgIpc) is 3.13. The maximum atomic E-state index is 12.6. The van der Waals surface area contributed by atoms with E-state index in [4.69, 9.17) is 4.74 Å². The summed E-state index contributed by atoms with van der Waals surface area (Å²) >= 11 is 0. The smallest absolute Gasteiger partial charge is 0.407 e. The predicted molar refractivity (Wildman–Crippen MR) is 107 cm³/mol. The van der Waals surface area contributed by atoms with Crippen LogP contribution in [0.2, 0.25) is 0 Å². The highest BCUT2D eigenvalue weighted by atomic mass is 32.2. The molecule has 1 aliphatic rings. The normalized spacial score (nSPS) is 15.2. The SMILES string of the molecule is CC(C)(C)OC(=O)NCCCC(=O)Nc1cccc(S(=O)(=O)N2CCCC2)c1. The Labute approximate surface area is 166 Å². The molecule has 9 heteroatoms. The van der Waals surface area contributed by atoms with Crippen LogP contribution in [-0.4, -0.2) is 50.0 Å². The molecule has 1 aromatic rings. The maximum absolute atomic E-state index is 12.6. The van der Waals surface area contributed by atoms with Gasteiger partial charge in [0.25, 0.3) is 0 Å².